The molecule has 0 N–H and O–H groups in total. The fraction of sp³-hybridized carbons (Fsp3) is 0.800. The second-order valence-electron chi connectivity index (χ2n) is 1.67. The van der Waals surface area contributed by atoms with Crippen LogP contribution in [0.25, 0.3) is 0 Å². The first-order valence-electron chi connectivity index (χ1n) is 2.20. The molecule has 0 amide bonds. The Morgan fingerprint density at radius 1 is 1.43 bits per heavy atom. The Balaban J connectivity index is 0. The van der Waals surface area contributed by atoms with Gasteiger partial charge in [-0.15, -0.1) is 0 Å². The molecule has 2 heteroatoms. The van der Waals surface area contributed by atoms with E-state index in [-0.39, 0.29) is 41.7 Å². The van der Waals surface area contributed by atoms with Gasteiger partial charge in [0.2, 0.25) is 0 Å². The smallest absolute Gasteiger partial charge is 0.000394 e. The van der Waals surface area contributed by atoms with E-state index < -0.39 is 0 Å². The molecule has 1 radical (unpaired) electrons. The quantitative estimate of drug-likeness (QED) is 0.672. The summed E-state index contributed by atoms with van der Waals surface area (Å²) in [6.45, 7) is 3.14. The van der Waals surface area contributed by atoms with Crippen LogP contribution in [0, 0.1) is 48.2 Å². The van der Waals surface area contributed by atoms with E-state index in [9.17, 15) is 0 Å². The molecule has 7 heavy (non-hydrogen) atoms. The normalized spacial score (nSPS) is 8.57. The van der Waals surface area contributed by atoms with Gasteiger partial charge in [-0.3, -0.25) is 0 Å². The minimum atomic E-state index is 0. The fourth-order valence-corrected chi connectivity index (χ4v) is 0.365. The van der Waals surface area contributed by atoms with Crippen molar-refractivity contribution < 1.29 is 41.7 Å². The molecule has 0 spiro atoms. The van der Waals surface area contributed by atoms with Crippen LogP contribution < -0.4 is 0 Å². The molecule has 0 saturated heterocycles. The van der Waals surface area contributed by atoms with E-state index in [0.29, 0.717) is 0 Å². The summed E-state index contributed by atoms with van der Waals surface area (Å²) in [6, 6.07) is 0. The Hall–Kier alpha value is 1.34. The van der Waals surface area contributed by atoms with Crippen LogP contribution in [0.2, 0.25) is 0 Å². The topological polar surface area (TPSA) is 3.24 Å². The monoisotopic (exact) mass is 226 g/mol. The molecule has 0 atom stereocenters. The Labute approximate surface area is 79.8 Å². The average Bonchev–Trinajstić information content (AvgIpc) is 1.35. The van der Waals surface area contributed by atoms with Gasteiger partial charge in [-0.25, -0.2) is 0 Å². The van der Waals surface area contributed by atoms with E-state index >= 15 is 0 Å². The predicted molar refractivity (Wildman–Crippen MR) is 28.5 cm³/mol. The molecule has 0 aromatic rings. The summed E-state index contributed by atoms with van der Waals surface area (Å²) in [5.74, 6) is 0. The van der Waals surface area contributed by atoms with E-state index in [0.717, 1.165) is 6.54 Å². The van der Waals surface area contributed by atoms with Gasteiger partial charge in [-0.2, -0.15) is 0 Å². The summed E-state index contributed by atoms with van der Waals surface area (Å²) in [6.07, 6.45) is 2.12. The molecule has 41 valence electrons. The van der Waals surface area contributed by atoms with Crippen LogP contribution in [0.4, 0.5) is 0 Å². The van der Waals surface area contributed by atoms with Crippen molar-refractivity contribution in [1.29, 1.82) is 0 Å². The largest absolute Gasteiger partial charge is 0.309 e. The first kappa shape index (κ1) is 11.2. The van der Waals surface area contributed by atoms with Crippen LogP contribution >= 0.6 is 0 Å². The number of hydrogen-bond donors (Lipinski definition) is 0. The third-order valence-corrected chi connectivity index (χ3v) is 0.548. The SMILES string of the molecule is C[CH]CN(C)C.[Ce]. The molecule has 0 aliphatic rings. The van der Waals surface area contributed by atoms with Crippen LogP contribution in [0.15, 0.2) is 0 Å². The van der Waals surface area contributed by atoms with E-state index in [4.69, 9.17) is 0 Å². The maximum absolute atomic E-state index is 2.12. The fourth-order valence-electron chi connectivity index (χ4n) is 0.365. The van der Waals surface area contributed by atoms with Gasteiger partial charge in [0, 0.05) is 48.3 Å². The summed E-state index contributed by atoms with van der Waals surface area (Å²) in [5.41, 5.74) is 0. The predicted octanol–water partition coefficient (Wildman–Crippen LogP) is 0.772. The maximum atomic E-state index is 2.12. The summed E-state index contributed by atoms with van der Waals surface area (Å²) in [5, 5.41) is 0. The molecule has 0 heterocycles. The van der Waals surface area contributed by atoms with Crippen LogP contribution in [-0.2, 0) is 0 Å². The van der Waals surface area contributed by atoms with Crippen molar-refractivity contribution in [3.63, 3.8) is 0 Å². The molecule has 0 bridgehead atoms. The molecule has 0 fully saturated rings. The van der Waals surface area contributed by atoms with E-state index in [1.54, 1.807) is 0 Å². The van der Waals surface area contributed by atoms with Crippen molar-refractivity contribution in [3.8, 4) is 0 Å². The van der Waals surface area contributed by atoms with Crippen molar-refractivity contribution in [3.05, 3.63) is 6.42 Å². The van der Waals surface area contributed by atoms with Gasteiger partial charge in [0.25, 0.3) is 0 Å². The average molecular weight is 226 g/mol. The Morgan fingerprint density at radius 2 is 1.86 bits per heavy atom. The number of rotatable bonds is 2. The van der Waals surface area contributed by atoms with Crippen molar-refractivity contribution in [1.82, 2.24) is 4.90 Å². The summed E-state index contributed by atoms with van der Waals surface area (Å²) >= 11 is 0. The molecule has 0 rings (SSSR count). The standard InChI is InChI=1S/C5H12N.Ce/c1-4-5-6(2)3;/h4H,5H2,1-3H3;. The summed E-state index contributed by atoms with van der Waals surface area (Å²) in [4.78, 5) is 2.12. The van der Waals surface area contributed by atoms with Crippen LogP contribution in [0.5, 0.6) is 0 Å². The molecule has 0 aromatic heterocycles. The van der Waals surface area contributed by atoms with E-state index in [1.165, 1.54) is 0 Å². The second-order valence-corrected chi connectivity index (χ2v) is 1.67. The molecule has 1 nitrogen and oxygen atoms in total. The van der Waals surface area contributed by atoms with Gasteiger partial charge in [0.05, 0.1) is 0 Å². The third kappa shape index (κ3) is 11.1. The maximum Gasteiger partial charge on any atom is 0.000394 e. The molecule has 0 unspecified atom stereocenters. The van der Waals surface area contributed by atoms with Gasteiger partial charge < -0.3 is 4.90 Å². The molecular weight excluding hydrogens is 214 g/mol. The van der Waals surface area contributed by atoms with Gasteiger partial charge in [0.15, 0.2) is 0 Å². The van der Waals surface area contributed by atoms with Crippen molar-refractivity contribution in [2.75, 3.05) is 20.6 Å². The Morgan fingerprint density at radius 3 is 1.86 bits per heavy atom. The number of hydrogen-bond acceptors (Lipinski definition) is 1. The zero-order chi connectivity index (χ0) is 4.99. The van der Waals surface area contributed by atoms with Crippen molar-refractivity contribution in [2.45, 2.75) is 6.92 Å². The molecule has 0 aromatic carbocycles. The van der Waals surface area contributed by atoms with E-state index in [2.05, 4.69) is 32.3 Å². The van der Waals surface area contributed by atoms with Crippen molar-refractivity contribution >= 4 is 0 Å². The first-order valence-corrected chi connectivity index (χ1v) is 2.20. The van der Waals surface area contributed by atoms with Crippen LogP contribution in [0.3, 0.4) is 0 Å². The van der Waals surface area contributed by atoms with Gasteiger partial charge in [0.1, 0.15) is 0 Å². The Kier molecular flexibility index (Phi) is 11.7. The first-order chi connectivity index (χ1) is 2.77. The summed E-state index contributed by atoms with van der Waals surface area (Å²) < 4.78 is 0. The van der Waals surface area contributed by atoms with E-state index in [1.807, 2.05) is 0 Å². The van der Waals surface area contributed by atoms with Gasteiger partial charge in [-0.05, 0) is 20.5 Å². The number of nitrogens with zero attached hydrogens (tertiary/aromatic N) is 1. The Bertz CT molecular complexity index is 29.3. The minimum absolute atomic E-state index is 0. The van der Waals surface area contributed by atoms with Gasteiger partial charge in [-0.1, -0.05) is 6.92 Å². The molecule has 0 aliphatic carbocycles. The third-order valence-electron chi connectivity index (χ3n) is 0.548. The summed E-state index contributed by atoms with van der Waals surface area (Å²) in [7, 11) is 4.11. The molecular formula is C5H12CeN. The van der Waals surface area contributed by atoms with Crippen LogP contribution in [0.1, 0.15) is 6.92 Å². The zero-order valence-corrected chi connectivity index (χ0v) is 8.37. The molecule has 0 aliphatic heterocycles. The minimum Gasteiger partial charge on any atom is -0.309 e. The van der Waals surface area contributed by atoms with Crippen LogP contribution in [-0.4, -0.2) is 25.5 Å². The molecule has 0 saturated carbocycles. The zero-order valence-electron chi connectivity index (χ0n) is 5.23. The van der Waals surface area contributed by atoms with Crippen molar-refractivity contribution in [2.24, 2.45) is 0 Å². The second kappa shape index (κ2) is 7.34. The van der Waals surface area contributed by atoms with Gasteiger partial charge >= 0.3 is 0 Å².